The summed E-state index contributed by atoms with van der Waals surface area (Å²) in [4.78, 5) is 9.77. The van der Waals surface area contributed by atoms with Crippen molar-refractivity contribution in [2.45, 2.75) is 4.90 Å². The topological polar surface area (TPSA) is 89.3 Å². The lowest BCUT2D eigenvalue weighted by Gasteiger charge is -2.10. The summed E-state index contributed by atoms with van der Waals surface area (Å²) in [5.41, 5.74) is -0.369. The van der Waals surface area contributed by atoms with Crippen LogP contribution in [-0.4, -0.2) is 13.3 Å². The molecule has 0 amide bonds. The van der Waals surface area contributed by atoms with Crippen LogP contribution in [0.2, 0.25) is 5.02 Å². The van der Waals surface area contributed by atoms with Gasteiger partial charge < -0.3 is 0 Å². The van der Waals surface area contributed by atoms with Gasteiger partial charge in [0.2, 0.25) is 0 Å². The zero-order valence-corrected chi connectivity index (χ0v) is 13.4. The van der Waals surface area contributed by atoms with E-state index in [-0.39, 0.29) is 10.7 Å². The van der Waals surface area contributed by atoms with Gasteiger partial charge in [-0.2, -0.15) is 0 Å². The average molecular weight is 392 g/mol. The molecule has 0 fully saturated rings. The lowest BCUT2D eigenvalue weighted by molar-refractivity contribution is -0.387. The third kappa shape index (κ3) is 3.52. The Kier molecular flexibility index (Phi) is 4.50. The molecule has 9 heteroatoms. The van der Waals surface area contributed by atoms with E-state index >= 15 is 0 Å². The molecular weight excluding hydrogens is 384 g/mol. The number of nitro benzene ring substituents is 1. The van der Waals surface area contributed by atoms with E-state index in [2.05, 4.69) is 20.7 Å². The van der Waals surface area contributed by atoms with E-state index in [1.165, 1.54) is 18.2 Å². The summed E-state index contributed by atoms with van der Waals surface area (Å²) >= 11 is 8.98. The number of sulfonamides is 1. The summed E-state index contributed by atoms with van der Waals surface area (Å²) in [6.07, 6.45) is 0. The van der Waals surface area contributed by atoms with Crippen LogP contribution in [0, 0.1) is 10.1 Å². The van der Waals surface area contributed by atoms with Crippen molar-refractivity contribution < 1.29 is 13.3 Å². The normalized spacial score (nSPS) is 11.1. The SMILES string of the molecule is O=[N+]([O-])c1ccc(Br)cc1S(=O)(=O)Nc1ccccc1Cl. The van der Waals surface area contributed by atoms with Gasteiger partial charge in [0.1, 0.15) is 0 Å². The molecule has 1 N–H and O–H groups in total. The molecule has 0 heterocycles. The standard InChI is InChI=1S/C12H8BrClN2O4S/c13-8-5-6-11(16(17)18)12(7-8)21(19,20)15-10-4-2-1-3-9(10)14/h1-7,15H. The Bertz CT molecular complexity index is 811. The van der Waals surface area contributed by atoms with Gasteiger partial charge in [-0.15, -0.1) is 0 Å². The van der Waals surface area contributed by atoms with Crippen LogP contribution in [0.1, 0.15) is 0 Å². The lowest BCUT2D eigenvalue weighted by Crippen LogP contribution is -2.15. The second-order valence-electron chi connectivity index (χ2n) is 3.95. The highest BCUT2D eigenvalue weighted by Crippen LogP contribution is 2.30. The Morgan fingerprint density at radius 2 is 1.86 bits per heavy atom. The van der Waals surface area contributed by atoms with E-state index < -0.39 is 25.5 Å². The van der Waals surface area contributed by atoms with Gasteiger partial charge >= 0.3 is 0 Å². The number of benzene rings is 2. The minimum absolute atomic E-state index is 0.147. The summed E-state index contributed by atoms with van der Waals surface area (Å²) in [6.45, 7) is 0. The minimum atomic E-state index is -4.14. The number of anilines is 1. The van der Waals surface area contributed by atoms with E-state index in [1.54, 1.807) is 12.1 Å². The zero-order chi connectivity index (χ0) is 15.6. The van der Waals surface area contributed by atoms with E-state index in [0.29, 0.717) is 4.47 Å². The Balaban J connectivity index is 2.52. The number of para-hydroxylation sites is 1. The Morgan fingerprint density at radius 1 is 1.19 bits per heavy atom. The first-order valence-electron chi connectivity index (χ1n) is 5.52. The van der Waals surface area contributed by atoms with Crippen LogP contribution in [0.15, 0.2) is 51.8 Å². The quantitative estimate of drug-likeness (QED) is 0.634. The molecule has 2 aromatic rings. The maximum atomic E-state index is 12.3. The average Bonchev–Trinajstić information content (AvgIpc) is 2.41. The van der Waals surface area contributed by atoms with E-state index in [9.17, 15) is 18.5 Å². The van der Waals surface area contributed by atoms with Gasteiger partial charge in [0.25, 0.3) is 15.7 Å². The fraction of sp³-hybridized carbons (Fsp3) is 0. The maximum Gasteiger partial charge on any atom is 0.289 e. The summed E-state index contributed by atoms with van der Waals surface area (Å²) in [6, 6.07) is 9.88. The lowest BCUT2D eigenvalue weighted by atomic mass is 10.3. The fourth-order valence-corrected chi connectivity index (χ4v) is 3.63. The van der Waals surface area contributed by atoms with E-state index in [1.807, 2.05) is 0 Å². The Morgan fingerprint density at radius 3 is 2.48 bits per heavy atom. The van der Waals surface area contributed by atoms with Crippen LogP contribution in [0.25, 0.3) is 0 Å². The fourth-order valence-electron chi connectivity index (χ4n) is 1.60. The molecule has 0 aliphatic rings. The van der Waals surface area contributed by atoms with Crippen molar-refractivity contribution in [1.29, 1.82) is 0 Å². The number of hydrogen-bond acceptors (Lipinski definition) is 4. The molecule has 0 saturated heterocycles. The predicted octanol–water partition coefficient (Wildman–Crippen LogP) is 3.81. The molecule has 0 atom stereocenters. The molecule has 0 aliphatic carbocycles. The van der Waals surface area contributed by atoms with Gasteiger partial charge in [-0.25, -0.2) is 8.42 Å². The smallest absolute Gasteiger partial charge is 0.278 e. The highest BCUT2D eigenvalue weighted by atomic mass is 79.9. The van der Waals surface area contributed by atoms with E-state index in [0.717, 1.165) is 12.1 Å². The van der Waals surface area contributed by atoms with Crippen molar-refractivity contribution in [3.05, 3.63) is 62.1 Å². The van der Waals surface area contributed by atoms with Crippen molar-refractivity contribution in [3.63, 3.8) is 0 Å². The molecule has 0 radical (unpaired) electrons. The molecule has 0 aliphatic heterocycles. The number of nitrogens with one attached hydrogen (secondary N) is 1. The second-order valence-corrected chi connectivity index (χ2v) is 6.93. The molecule has 2 aromatic carbocycles. The van der Waals surface area contributed by atoms with Gasteiger partial charge in [0, 0.05) is 10.5 Å². The molecule has 2 rings (SSSR count). The Hall–Kier alpha value is -1.64. The van der Waals surface area contributed by atoms with E-state index in [4.69, 9.17) is 11.6 Å². The van der Waals surface area contributed by atoms with Crippen molar-refractivity contribution in [1.82, 2.24) is 0 Å². The zero-order valence-electron chi connectivity index (χ0n) is 10.3. The molecule has 0 bridgehead atoms. The van der Waals surface area contributed by atoms with Crippen molar-refractivity contribution in [3.8, 4) is 0 Å². The van der Waals surface area contributed by atoms with Gasteiger partial charge in [0.15, 0.2) is 4.90 Å². The molecule has 0 spiro atoms. The molecule has 6 nitrogen and oxygen atoms in total. The molecular formula is C12H8BrClN2O4S. The summed E-state index contributed by atoms with van der Waals surface area (Å²) < 4.78 is 27.3. The van der Waals surface area contributed by atoms with Crippen molar-refractivity contribution in [2.75, 3.05) is 4.72 Å². The van der Waals surface area contributed by atoms with Crippen molar-refractivity contribution in [2.24, 2.45) is 0 Å². The molecule has 21 heavy (non-hydrogen) atoms. The van der Waals surface area contributed by atoms with Gasteiger partial charge in [0.05, 0.1) is 15.6 Å². The third-order valence-corrected chi connectivity index (χ3v) is 4.74. The number of hydrogen-bond donors (Lipinski definition) is 1. The molecule has 0 aromatic heterocycles. The van der Waals surface area contributed by atoms with Gasteiger partial charge in [-0.1, -0.05) is 39.7 Å². The highest BCUT2D eigenvalue weighted by molar-refractivity contribution is 9.10. The predicted molar refractivity (Wildman–Crippen MR) is 83.1 cm³/mol. The maximum absolute atomic E-state index is 12.3. The first-order valence-corrected chi connectivity index (χ1v) is 8.18. The van der Waals surface area contributed by atoms with Crippen LogP contribution < -0.4 is 4.72 Å². The molecule has 0 saturated carbocycles. The first-order chi connectivity index (χ1) is 9.81. The van der Waals surface area contributed by atoms with Crippen molar-refractivity contribution >= 4 is 48.9 Å². The van der Waals surface area contributed by atoms with Gasteiger partial charge in [-0.3, -0.25) is 14.8 Å². The molecule has 0 unspecified atom stereocenters. The number of rotatable bonds is 4. The van der Waals surface area contributed by atoms with Gasteiger partial charge in [-0.05, 0) is 24.3 Å². The monoisotopic (exact) mass is 390 g/mol. The Labute approximate surface area is 134 Å². The summed E-state index contributed by atoms with van der Waals surface area (Å²) in [5.74, 6) is 0. The first kappa shape index (κ1) is 15.7. The minimum Gasteiger partial charge on any atom is -0.278 e. The number of halogens is 2. The number of nitrogens with zero attached hydrogens (tertiary/aromatic N) is 1. The summed E-state index contributed by atoms with van der Waals surface area (Å²) in [5, 5.41) is 11.2. The van der Waals surface area contributed by atoms with Crippen LogP contribution in [0.3, 0.4) is 0 Å². The van der Waals surface area contributed by atoms with Crippen LogP contribution in [0.4, 0.5) is 11.4 Å². The van der Waals surface area contributed by atoms with Crippen LogP contribution >= 0.6 is 27.5 Å². The largest absolute Gasteiger partial charge is 0.289 e. The summed E-state index contributed by atoms with van der Waals surface area (Å²) in [7, 11) is -4.14. The van der Waals surface area contributed by atoms with Crippen LogP contribution in [-0.2, 0) is 10.0 Å². The number of nitro groups is 1. The van der Waals surface area contributed by atoms with Crippen LogP contribution in [0.5, 0.6) is 0 Å². The third-order valence-electron chi connectivity index (χ3n) is 2.53. The second kappa shape index (κ2) is 6.00. The highest BCUT2D eigenvalue weighted by Gasteiger charge is 2.26. The molecule has 110 valence electrons.